The van der Waals surface area contributed by atoms with Gasteiger partial charge >= 0.3 is 11.7 Å². The maximum absolute atomic E-state index is 10.3. The maximum atomic E-state index is 10.3. The van der Waals surface area contributed by atoms with Crippen molar-refractivity contribution in [3.8, 4) is 0 Å². The fourth-order valence-corrected chi connectivity index (χ4v) is 1.07. The molecular formula is C5H2BrNO5. The minimum Gasteiger partial charge on any atom is -0.475 e. The Morgan fingerprint density at radius 3 is 2.67 bits per heavy atom. The van der Waals surface area contributed by atoms with E-state index < -0.39 is 22.3 Å². The van der Waals surface area contributed by atoms with Crippen molar-refractivity contribution in [1.29, 1.82) is 0 Å². The zero-order valence-corrected chi connectivity index (χ0v) is 7.07. The van der Waals surface area contributed by atoms with E-state index in [1.165, 1.54) is 0 Å². The Morgan fingerprint density at radius 1 is 1.75 bits per heavy atom. The number of halogens is 1. The molecule has 7 heteroatoms. The van der Waals surface area contributed by atoms with Crippen molar-refractivity contribution in [2.75, 3.05) is 0 Å². The van der Waals surface area contributed by atoms with Gasteiger partial charge in [-0.05, 0) is 15.9 Å². The first-order chi connectivity index (χ1) is 5.54. The van der Waals surface area contributed by atoms with Gasteiger partial charge in [0.05, 0.1) is 4.92 Å². The van der Waals surface area contributed by atoms with E-state index in [0.29, 0.717) is 0 Å². The van der Waals surface area contributed by atoms with Gasteiger partial charge in [0.15, 0.2) is 0 Å². The van der Waals surface area contributed by atoms with Gasteiger partial charge < -0.3 is 9.52 Å². The summed E-state index contributed by atoms with van der Waals surface area (Å²) in [5.74, 6) is -2.14. The molecule has 64 valence electrons. The summed E-state index contributed by atoms with van der Waals surface area (Å²) in [5, 5.41) is 18.7. The number of carbonyl (C=O) groups is 1. The molecular weight excluding hydrogens is 234 g/mol. The fourth-order valence-electron chi connectivity index (χ4n) is 0.653. The monoisotopic (exact) mass is 235 g/mol. The summed E-state index contributed by atoms with van der Waals surface area (Å²) in [6.45, 7) is 0. The Hall–Kier alpha value is -1.37. The average Bonchev–Trinajstić information content (AvgIpc) is 2.30. The summed E-state index contributed by atoms with van der Waals surface area (Å²) in [4.78, 5) is 19.8. The van der Waals surface area contributed by atoms with Crippen molar-refractivity contribution in [1.82, 2.24) is 0 Å². The number of nitrogens with zero attached hydrogens (tertiary/aromatic N) is 1. The van der Waals surface area contributed by atoms with Gasteiger partial charge in [-0.15, -0.1) is 0 Å². The molecule has 0 atom stereocenters. The lowest BCUT2D eigenvalue weighted by Gasteiger charge is -1.87. The van der Waals surface area contributed by atoms with Gasteiger partial charge in [-0.1, -0.05) is 0 Å². The zero-order chi connectivity index (χ0) is 9.30. The fraction of sp³-hybridized carbons (Fsp3) is 0. The van der Waals surface area contributed by atoms with Crippen LogP contribution in [0.4, 0.5) is 5.69 Å². The Morgan fingerprint density at radius 2 is 2.33 bits per heavy atom. The quantitative estimate of drug-likeness (QED) is 0.622. The van der Waals surface area contributed by atoms with Crippen molar-refractivity contribution >= 4 is 27.6 Å². The number of carboxylic acids is 1. The largest absolute Gasteiger partial charge is 0.475 e. The highest BCUT2D eigenvalue weighted by atomic mass is 79.9. The van der Waals surface area contributed by atoms with E-state index in [4.69, 9.17) is 5.11 Å². The van der Waals surface area contributed by atoms with Gasteiger partial charge in [0.2, 0.25) is 0 Å². The number of carboxylic acid groups (broad SMARTS) is 1. The molecule has 1 aromatic heterocycles. The van der Waals surface area contributed by atoms with Crippen molar-refractivity contribution in [3.05, 3.63) is 26.6 Å². The summed E-state index contributed by atoms with van der Waals surface area (Å²) in [6.07, 6.45) is 0.960. The van der Waals surface area contributed by atoms with Gasteiger partial charge in [0.1, 0.15) is 10.7 Å². The molecule has 0 radical (unpaired) electrons. The molecule has 1 N–H and O–H groups in total. The molecule has 0 aliphatic rings. The Bertz CT molecular complexity index is 344. The number of hydrogen-bond donors (Lipinski definition) is 1. The smallest absolute Gasteiger partial charge is 0.379 e. The highest BCUT2D eigenvalue weighted by Crippen LogP contribution is 2.30. The Kier molecular flexibility index (Phi) is 2.13. The first-order valence-electron chi connectivity index (χ1n) is 2.68. The van der Waals surface area contributed by atoms with Gasteiger partial charge in [-0.2, -0.15) is 0 Å². The summed E-state index contributed by atoms with van der Waals surface area (Å²) in [6, 6.07) is 0. The molecule has 0 saturated carbocycles. The molecule has 0 unspecified atom stereocenters. The topological polar surface area (TPSA) is 93.6 Å². The van der Waals surface area contributed by atoms with E-state index in [-0.39, 0.29) is 4.47 Å². The lowest BCUT2D eigenvalue weighted by molar-refractivity contribution is -0.386. The van der Waals surface area contributed by atoms with Crippen LogP contribution in [0.15, 0.2) is 15.2 Å². The predicted molar refractivity (Wildman–Crippen MR) is 40.0 cm³/mol. The minimum atomic E-state index is -1.47. The van der Waals surface area contributed by atoms with Crippen molar-refractivity contribution < 1.29 is 19.2 Å². The van der Waals surface area contributed by atoms with Gasteiger partial charge in [0.25, 0.3) is 5.76 Å². The number of nitro groups is 1. The highest BCUT2D eigenvalue weighted by Gasteiger charge is 2.28. The molecule has 0 saturated heterocycles. The second kappa shape index (κ2) is 2.94. The number of rotatable bonds is 2. The van der Waals surface area contributed by atoms with E-state index in [1.54, 1.807) is 0 Å². The molecule has 0 aromatic carbocycles. The molecule has 0 amide bonds. The molecule has 0 bridgehead atoms. The van der Waals surface area contributed by atoms with E-state index >= 15 is 0 Å². The standard InChI is InChI=1S/C5H2BrNO5/c6-2-1-12-4(5(8)9)3(2)7(10)11/h1H,(H,8,9). The second-order valence-electron chi connectivity index (χ2n) is 1.82. The van der Waals surface area contributed by atoms with Crippen LogP contribution in [0.1, 0.15) is 10.6 Å². The Balaban J connectivity index is 3.31. The third kappa shape index (κ3) is 1.30. The number of hydrogen-bond acceptors (Lipinski definition) is 4. The van der Waals surface area contributed by atoms with E-state index in [9.17, 15) is 14.9 Å². The lowest BCUT2D eigenvalue weighted by atomic mass is 10.4. The third-order valence-electron chi connectivity index (χ3n) is 1.10. The van der Waals surface area contributed by atoms with E-state index in [1.807, 2.05) is 0 Å². The van der Waals surface area contributed by atoms with Gasteiger partial charge in [0, 0.05) is 0 Å². The molecule has 6 nitrogen and oxygen atoms in total. The van der Waals surface area contributed by atoms with Crippen LogP contribution in [-0.2, 0) is 0 Å². The van der Waals surface area contributed by atoms with Gasteiger partial charge in [-0.3, -0.25) is 10.1 Å². The van der Waals surface area contributed by atoms with Crippen molar-refractivity contribution in [2.45, 2.75) is 0 Å². The first kappa shape index (κ1) is 8.72. The normalized spacial score (nSPS) is 9.75. The highest BCUT2D eigenvalue weighted by molar-refractivity contribution is 9.10. The third-order valence-corrected chi connectivity index (χ3v) is 1.66. The van der Waals surface area contributed by atoms with Crippen LogP contribution >= 0.6 is 15.9 Å². The van der Waals surface area contributed by atoms with E-state index in [0.717, 1.165) is 6.26 Å². The molecule has 12 heavy (non-hydrogen) atoms. The van der Waals surface area contributed by atoms with Crippen LogP contribution in [0.3, 0.4) is 0 Å². The summed E-state index contributed by atoms with van der Waals surface area (Å²) in [5.41, 5.74) is -0.567. The van der Waals surface area contributed by atoms with Crippen LogP contribution in [0.2, 0.25) is 0 Å². The maximum Gasteiger partial charge on any atom is 0.379 e. The van der Waals surface area contributed by atoms with Crippen molar-refractivity contribution in [2.24, 2.45) is 0 Å². The summed E-state index contributed by atoms with van der Waals surface area (Å²) < 4.78 is 4.45. The first-order valence-corrected chi connectivity index (χ1v) is 3.48. The molecule has 0 aliphatic carbocycles. The van der Waals surface area contributed by atoms with Crippen LogP contribution in [0.5, 0.6) is 0 Å². The Labute approximate surface area is 74.1 Å². The van der Waals surface area contributed by atoms with Crippen LogP contribution in [-0.4, -0.2) is 16.0 Å². The molecule has 1 aromatic rings. The minimum absolute atomic E-state index is 0.0184. The predicted octanol–water partition coefficient (Wildman–Crippen LogP) is 1.65. The summed E-state index contributed by atoms with van der Waals surface area (Å²) >= 11 is 2.79. The number of furan rings is 1. The number of aromatic carboxylic acids is 1. The molecule has 1 rings (SSSR count). The summed E-state index contributed by atoms with van der Waals surface area (Å²) in [7, 11) is 0. The van der Waals surface area contributed by atoms with Crippen LogP contribution in [0, 0.1) is 10.1 Å². The van der Waals surface area contributed by atoms with Crippen molar-refractivity contribution in [3.63, 3.8) is 0 Å². The zero-order valence-electron chi connectivity index (χ0n) is 5.48. The molecule has 0 fully saturated rings. The molecule has 1 heterocycles. The lowest BCUT2D eigenvalue weighted by Crippen LogP contribution is -1.99. The second-order valence-corrected chi connectivity index (χ2v) is 2.68. The molecule has 0 aliphatic heterocycles. The van der Waals surface area contributed by atoms with Crippen LogP contribution in [0.25, 0.3) is 0 Å². The van der Waals surface area contributed by atoms with Crippen LogP contribution < -0.4 is 0 Å². The SMILES string of the molecule is O=C(O)c1occ(Br)c1[N+](=O)[O-]. The molecule has 0 spiro atoms. The average molecular weight is 236 g/mol. The van der Waals surface area contributed by atoms with Gasteiger partial charge in [-0.25, -0.2) is 4.79 Å². The van der Waals surface area contributed by atoms with E-state index in [2.05, 4.69) is 20.3 Å².